The van der Waals surface area contributed by atoms with Crippen LogP contribution in [-0.2, 0) is 0 Å². The molecule has 1 N–H and O–H groups in total. The number of carbonyl (C=O) groups is 1. The number of halogens is 2. The second-order valence-corrected chi connectivity index (χ2v) is 5.76. The molecule has 2 aromatic rings. The normalized spacial score (nSPS) is 10.3. The van der Waals surface area contributed by atoms with Crippen LogP contribution in [0.1, 0.15) is 10.4 Å². The van der Waals surface area contributed by atoms with Crippen molar-refractivity contribution in [2.24, 2.45) is 0 Å². The molecular formula is C12H7BrClNO2S. The zero-order valence-corrected chi connectivity index (χ0v) is 12.1. The van der Waals surface area contributed by atoms with Crippen molar-refractivity contribution in [3.05, 3.63) is 51.7 Å². The van der Waals surface area contributed by atoms with Crippen LogP contribution in [0.25, 0.3) is 0 Å². The summed E-state index contributed by atoms with van der Waals surface area (Å²) in [4.78, 5) is 16.4. The lowest BCUT2D eigenvalue weighted by atomic mass is 10.2. The van der Waals surface area contributed by atoms with Crippen LogP contribution >= 0.6 is 39.3 Å². The maximum atomic E-state index is 11.1. The summed E-state index contributed by atoms with van der Waals surface area (Å²) in [6.07, 6.45) is 3.15. The molecule has 1 aromatic heterocycles. The number of carboxylic acid groups (broad SMARTS) is 1. The fraction of sp³-hybridized carbons (Fsp3) is 0. The van der Waals surface area contributed by atoms with E-state index in [4.69, 9.17) is 16.7 Å². The van der Waals surface area contributed by atoms with E-state index in [1.807, 2.05) is 0 Å². The third-order valence-corrected chi connectivity index (χ3v) is 4.17. The Kier molecular flexibility index (Phi) is 4.27. The van der Waals surface area contributed by atoms with Gasteiger partial charge in [0.1, 0.15) is 0 Å². The maximum Gasteiger partial charge on any atom is 0.336 e. The van der Waals surface area contributed by atoms with Crippen LogP contribution in [0, 0.1) is 0 Å². The lowest BCUT2D eigenvalue weighted by Gasteiger charge is -2.07. The molecule has 0 saturated heterocycles. The van der Waals surface area contributed by atoms with Crippen LogP contribution in [0.2, 0.25) is 5.02 Å². The fourth-order valence-electron chi connectivity index (χ4n) is 1.32. The largest absolute Gasteiger partial charge is 0.478 e. The number of nitrogens with zero attached hydrogens (tertiary/aromatic N) is 1. The Morgan fingerprint density at radius 1 is 1.33 bits per heavy atom. The summed E-state index contributed by atoms with van der Waals surface area (Å²) in [6, 6.07) is 6.76. The number of pyridine rings is 1. The van der Waals surface area contributed by atoms with Crippen molar-refractivity contribution >= 4 is 45.3 Å². The molecule has 1 aromatic carbocycles. The lowest BCUT2D eigenvalue weighted by Crippen LogP contribution is -1.98. The van der Waals surface area contributed by atoms with E-state index in [2.05, 4.69) is 20.9 Å². The molecule has 18 heavy (non-hydrogen) atoms. The van der Waals surface area contributed by atoms with Gasteiger partial charge in [-0.25, -0.2) is 4.79 Å². The van der Waals surface area contributed by atoms with Gasteiger partial charge in [0, 0.05) is 26.7 Å². The number of benzene rings is 1. The second-order valence-electron chi connectivity index (χ2n) is 3.35. The summed E-state index contributed by atoms with van der Waals surface area (Å²) in [7, 11) is 0. The molecule has 1 heterocycles. The van der Waals surface area contributed by atoms with Gasteiger partial charge in [0.15, 0.2) is 0 Å². The molecule has 0 radical (unpaired) electrons. The molecule has 0 unspecified atom stereocenters. The first-order valence-corrected chi connectivity index (χ1v) is 6.87. The minimum Gasteiger partial charge on any atom is -0.478 e. The predicted octanol–water partition coefficient (Wildman–Crippen LogP) is 4.35. The zero-order valence-electron chi connectivity index (χ0n) is 8.93. The van der Waals surface area contributed by atoms with Gasteiger partial charge in [0.2, 0.25) is 0 Å². The van der Waals surface area contributed by atoms with Gasteiger partial charge < -0.3 is 5.11 Å². The highest BCUT2D eigenvalue weighted by atomic mass is 79.9. The SMILES string of the molecule is O=C(O)c1ccc(Br)cc1Sc1ccncc1Cl. The van der Waals surface area contributed by atoms with Crippen molar-refractivity contribution in [2.45, 2.75) is 9.79 Å². The highest BCUT2D eigenvalue weighted by Crippen LogP contribution is 2.35. The van der Waals surface area contributed by atoms with Crippen LogP contribution in [-0.4, -0.2) is 16.1 Å². The van der Waals surface area contributed by atoms with Crippen LogP contribution in [0.4, 0.5) is 0 Å². The van der Waals surface area contributed by atoms with Gasteiger partial charge in [-0.05, 0) is 24.3 Å². The van der Waals surface area contributed by atoms with Crippen molar-refractivity contribution in [3.8, 4) is 0 Å². The summed E-state index contributed by atoms with van der Waals surface area (Å²) in [5.74, 6) is -0.963. The van der Waals surface area contributed by atoms with Crippen LogP contribution in [0.3, 0.4) is 0 Å². The zero-order chi connectivity index (χ0) is 13.1. The van der Waals surface area contributed by atoms with E-state index in [0.717, 1.165) is 9.37 Å². The average molecular weight is 345 g/mol. The summed E-state index contributed by atoms with van der Waals surface area (Å²) in [5.41, 5.74) is 0.246. The molecule has 0 spiro atoms. The van der Waals surface area contributed by atoms with Gasteiger partial charge in [0.05, 0.1) is 10.6 Å². The predicted molar refractivity (Wildman–Crippen MR) is 74.5 cm³/mol. The lowest BCUT2D eigenvalue weighted by molar-refractivity contribution is 0.0693. The van der Waals surface area contributed by atoms with Crippen LogP contribution < -0.4 is 0 Å². The standard InChI is InChI=1S/C12H7BrClNO2S/c13-7-1-2-8(12(16)17)11(5-7)18-10-3-4-15-6-9(10)14/h1-6H,(H,16,17). The number of aromatic nitrogens is 1. The number of hydrogen-bond donors (Lipinski definition) is 1. The summed E-state index contributed by atoms with van der Waals surface area (Å²) < 4.78 is 0.820. The minimum atomic E-state index is -0.963. The number of aromatic carboxylic acids is 1. The van der Waals surface area contributed by atoms with E-state index >= 15 is 0 Å². The molecule has 92 valence electrons. The molecule has 3 nitrogen and oxygen atoms in total. The fourth-order valence-corrected chi connectivity index (χ4v) is 3.04. The molecule has 0 saturated carbocycles. The van der Waals surface area contributed by atoms with Gasteiger partial charge in [-0.15, -0.1) is 0 Å². The first kappa shape index (κ1) is 13.4. The monoisotopic (exact) mass is 343 g/mol. The highest BCUT2D eigenvalue weighted by molar-refractivity contribution is 9.10. The van der Waals surface area contributed by atoms with Crippen molar-refractivity contribution in [1.82, 2.24) is 4.98 Å². The van der Waals surface area contributed by atoms with Gasteiger partial charge >= 0.3 is 5.97 Å². The molecule has 0 aliphatic rings. The molecule has 0 aliphatic heterocycles. The number of carboxylic acids is 1. The third kappa shape index (κ3) is 3.04. The molecule has 0 fully saturated rings. The Bertz CT molecular complexity index is 606. The minimum absolute atomic E-state index is 0.246. The van der Waals surface area contributed by atoms with E-state index in [9.17, 15) is 4.79 Å². The topological polar surface area (TPSA) is 50.2 Å². The van der Waals surface area contributed by atoms with E-state index < -0.39 is 5.97 Å². The van der Waals surface area contributed by atoms with Crippen molar-refractivity contribution in [2.75, 3.05) is 0 Å². The Labute approximate surface area is 121 Å². The average Bonchev–Trinajstić information content (AvgIpc) is 2.32. The molecule has 6 heteroatoms. The molecule has 0 aliphatic carbocycles. The van der Waals surface area contributed by atoms with Gasteiger partial charge in [0.25, 0.3) is 0 Å². The number of rotatable bonds is 3. The Morgan fingerprint density at radius 3 is 2.78 bits per heavy atom. The van der Waals surface area contributed by atoms with E-state index in [-0.39, 0.29) is 5.56 Å². The first-order chi connectivity index (χ1) is 8.58. The van der Waals surface area contributed by atoms with Gasteiger partial charge in [-0.1, -0.05) is 39.3 Å². The van der Waals surface area contributed by atoms with Crippen LogP contribution in [0.5, 0.6) is 0 Å². The third-order valence-electron chi connectivity index (χ3n) is 2.13. The van der Waals surface area contributed by atoms with Crippen molar-refractivity contribution in [1.29, 1.82) is 0 Å². The smallest absolute Gasteiger partial charge is 0.336 e. The van der Waals surface area contributed by atoms with Gasteiger partial charge in [-0.2, -0.15) is 0 Å². The molecule has 0 atom stereocenters. The van der Waals surface area contributed by atoms with E-state index in [1.165, 1.54) is 18.0 Å². The van der Waals surface area contributed by atoms with Crippen LogP contribution in [0.15, 0.2) is 50.9 Å². The summed E-state index contributed by atoms with van der Waals surface area (Å²) >= 11 is 10.6. The maximum absolute atomic E-state index is 11.1. The van der Waals surface area contributed by atoms with E-state index in [1.54, 1.807) is 30.5 Å². The highest BCUT2D eigenvalue weighted by Gasteiger charge is 2.13. The Hall–Kier alpha value is -1.04. The Balaban J connectivity index is 2.42. The Morgan fingerprint density at radius 2 is 2.11 bits per heavy atom. The molecule has 0 amide bonds. The number of hydrogen-bond acceptors (Lipinski definition) is 3. The molecule has 2 rings (SSSR count). The summed E-state index contributed by atoms with van der Waals surface area (Å²) in [6.45, 7) is 0. The van der Waals surface area contributed by atoms with Crippen molar-refractivity contribution in [3.63, 3.8) is 0 Å². The molecular weight excluding hydrogens is 338 g/mol. The van der Waals surface area contributed by atoms with Crippen molar-refractivity contribution < 1.29 is 9.90 Å². The first-order valence-electron chi connectivity index (χ1n) is 4.88. The van der Waals surface area contributed by atoms with E-state index in [0.29, 0.717) is 9.92 Å². The quantitative estimate of drug-likeness (QED) is 0.899. The second kappa shape index (κ2) is 5.73. The van der Waals surface area contributed by atoms with Gasteiger partial charge in [-0.3, -0.25) is 4.98 Å². The summed E-state index contributed by atoms with van der Waals surface area (Å²) in [5, 5.41) is 9.63. The molecule has 0 bridgehead atoms.